The second-order valence-corrected chi connectivity index (χ2v) is 5.76. The van der Waals surface area contributed by atoms with Crippen LogP contribution in [0.5, 0.6) is 0 Å². The molecule has 0 spiro atoms. The van der Waals surface area contributed by atoms with Crippen molar-refractivity contribution < 1.29 is 0 Å². The zero-order valence-electron chi connectivity index (χ0n) is 9.65. The first kappa shape index (κ1) is 10.3. The number of pyridine rings is 1. The van der Waals surface area contributed by atoms with Gasteiger partial charge in [0.05, 0.1) is 10.7 Å². The Morgan fingerprint density at radius 3 is 2.69 bits per heavy atom. The van der Waals surface area contributed by atoms with E-state index in [0.29, 0.717) is 5.02 Å². The largest absolute Gasteiger partial charge is 0.255 e. The number of halogens is 1. The summed E-state index contributed by atoms with van der Waals surface area (Å²) in [4.78, 5) is 4.38. The van der Waals surface area contributed by atoms with Gasteiger partial charge in [0.2, 0.25) is 0 Å². The van der Waals surface area contributed by atoms with Crippen molar-refractivity contribution in [2.75, 3.05) is 0 Å². The van der Waals surface area contributed by atoms with Gasteiger partial charge in [0.15, 0.2) is 0 Å². The van der Waals surface area contributed by atoms with Gasteiger partial charge in [-0.3, -0.25) is 4.98 Å². The molecule has 3 unspecified atom stereocenters. The van der Waals surface area contributed by atoms with Crippen LogP contribution in [0.4, 0.5) is 0 Å². The van der Waals surface area contributed by atoms with Crippen molar-refractivity contribution in [3.8, 4) is 0 Å². The van der Waals surface area contributed by atoms with Crippen LogP contribution in [0.3, 0.4) is 0 Å². The molecule has 1 aromatic rings. The highest BCUT2D eigenvalue weighted by Gasteiger charge is 2.53. The van der Waals surface area contributed by atoms with Gasteiger partial charge in [0.1, 0.15) is 0 Å². The molecule has 1 nitrogen and oxygen atoms in total. The first-order valence-electron chi connectivity index (χ1n) is 5.99. The number of nitrogens with zero attached hydrogens (tertiary/aromatic N) is 1. The molecule has 0 aliphatic heterocycles. The maximum Gasteiger partial charge on any atom is 0.0659 e. The quantitative estimate of drug-likeness (QED) is 0.751. The van der Waals surface area contributed by atoms with E-state index in [-0.39, 0.29) is 0 Å². The number of aromatic nitrogens is 1. The molecule has 1 fully saturated rings. The number of hydrogen-bond acceptors (Lipinski definition) is 1. The lowest BCUT2D eigenvalue weighted by Gasteiger charge is -2.08. The van der Waals surface area contributed by atoms with Crippen LogP contribution in [0.15, 0.2) is 24.4 Å². The lowest BCUT2D eigenvalue weighted by Crippen LogP contribution is -1.97. The van der Waals surface area contributed by atoms with Crippen LogP contribution in [0.2, 0.25) is 5.02 Å². The minimum Gasteiger partial charge on any atom is -0.255 e. The summed E-state index contributed by atoms with van der Waals surface area (Å²) in [6.45, 7) is 4.66. The lowest BCUT2D eigenvalue weighted by molar-refractivity contribution is 0.509. The molecule has 0 aromatic carbocycles. The summed E-state index contributed by atoms with van der Waals surface area (Å²) in [5.41, 5.74) is 2.53. The summed E-state index contributed by atoms with van der Waals surface area (Å²) in [5, 5.41) is 0.715. The molecule has 3 rings (SSSR count). The van der Waals surface area contributed by atoms with E-state index in [9.17, 15) is 0 Å². The Balaban J connectivity index is 1.78. The summed E-state index contributed by atoms with van der Waals surface area (Å²) < 4.78 is 0. The summed E-state index contributed by atoms with van der Waals surface area (Å²) in [6.07, 6.45) is 5.38. The van der Waals surface area contributed by atoms with Gasteiger partial charge in [-0.1, -0.05) is 31.5 Å². The van der Waals surface area contributed by atoms with Crippen molar-refractivity contribution in [1.82, 2.24) is 4.98 Å². The fraction of sp³-hybridized carbons (Fsp3) is 0.500. The van der Waals surface area contributed by atoms with Crippen molar-refractivity contribution in [2.24, 2.45) is 23.7 Å². The molecule has 84 valence electrons. The molecular weight excluding hydrogens is 218 g/mol. The Bertz CT molecular complexity index is 433. The first-order valence-corrected chi connectivity index (χ1v) is 6.37. The van der Waals surface area contributed by atoms with Crippen LogP contribution in [0.1, 0.15) is 26.0 Å². The standard InChI is InChI=1S/C14H16ClN/c1-8(2)14-11-5-9(6-12(11)14)13-4-3-10(15)7-16-13/h3-5,7-8,11-12,14H,6H2,1-2H3. The zero-order chi connectivity index (χ0) is 11.3. The predicted octanol–water partition coefficient (Wildman–Crippen LogP) is 4.04. The molecule has 0 N–H and O–H groups in total. The van der Waals surface area contributed by atoms with Gasteiger partial charge in [-0.15, -0.1) is 0 Å². The number of fused-ring (bicyclic) bond motifs is 1. The molecule has 0 saturated heterocycles. The van der Waals surface area contributed by atoms with E-state index in [1.165, 1.54) is 12.0 Å². The third-order valence-electron chi connectivity index (χ3n) is 3.97. The summed E-state index contributed by atoms with van der Waals surface area (Å²) in [7, 11) is 0. The molecule has 2 heteroatoms. The average Bonchev–Trinajstić information content (AvgIpc) is 2.77. The molecule has 2 aliphatic rings. The monoisotopic (exact) mass is 233 g/mol. The SMILES string of the molecule is CC(C)C1C2C=C(c3ccc(Cl)cn3)CC21. The van der Waals surface area contributed by atoms with Crippen LogP contribution in [0.25, 0.3) is 5.57 Å². The van der Waals surface area contributed by atoms with Gasteiger partial charge in [-0.2, -0.15) is 0 Å². The van der Waals surface area contributed by atoms with Crippen molar-refractivity contribution in [2.45, 2.75) is 20.3 Å². The fourth-order valence-electron chi connectivity index (χ4n) is 3.18. The van der Waals surface area contributed by atoms with Gasteiger partial charge >= 0.3 is 0 Å². The van der Waals surface area contributed by atoms with Gasteiger partial charge in [-0.25, -0.2) is 0 Å². The van der Waals surface area contributed by atoms with E-state index >= 15 is 0 Å². The second-order valence-electron chi connectivity index (χ2n) is 5.32. The smallest absolute Gasteiger partial charge is 0.0659 e. The van der Waals surface area contributed by atoms with Crippen molar-refractivity contribution >= 4 is 17.2 Å². The minimum absolute atomic E-state index is 0.715. The molecular formula is C14H16ClN. The highest BCUT2D eigenvalue weighted by molar-refractivity contribution is 6.30. The molecule has 0 radical (unpaired) electrons. The van der Waals surface area contributed by atoms with Gasteiger partial charge in [0.25, 0.3) is 0 Å². The van der Waals surface area contributed by atoms with E-state index in [4.69, 9.17) is 11.6 Å². The van der Waals surface area contributed by atoms with Crippen molar-refractivity contribution in [3.63, 3.8) is 0 Å². The molecule has 16 heavy (non-hydrogen) atoms. The van der Waals surface area contributed by atoms with Crippen LogP contribution in [-0.2, 0) is 0 Å². The fourth-order valence-corrected chi connectivity index (χ4v) is 3.30. The van der Waals surface area contributed by atoms with E-state index < -0.39 is 0 Å². The average molecular weight is 234 g/mol. The maximum absolute atomic E-state index is 5.84. The molecule has 3 atom stereocenters. The summed E-state index contributed by atoms with van der Waals surface area (Å²) >= 11 is 5.84. The number of allylic oxidation sites excluding steroid dienone is 2. The molecule has 0 amide bonds. The van der Waals surface area contributed by atoms with Gasteiger partial charge in [0, 0.05) is 6.20 Å². The predicted molar refractivity (Wildman–Crippen MR) is 67.1 cm³/mol. The zero-order valence-corrected chi connectivity index (χ0v) is 10.4. The Morgan fingerprint density at radius 1 is 1.38 bits per heavy atom. The molecule has 1 heterocycles. The Labute approximate surface area is 102 Å². The molecule has 2 aliphatic carbocycles. The van der Waals surface area contributed by atoms with Gasteiger partial charge in [-0.05, 0) is 47.8 Å². The third-order valence-corrected chi connectivity index (χ3v) is 4.19. The van der Waals surface area contributed by atoms with Crippen LogP contribution < -0.4 is 0 Å². The Hall–Kier alpha value is -0.820. The maximum atomic E-state index is 5.84. The molecule has 0 bridgehead atoms. The van der Waals surface area contributed by atoms with E-state index in [2.05, 4.69) is 24.9 Å². The number of rotatable bonds is 2. The van der Waals surface area contributed by atoms with E-state index in [1.807, 2.05) is 12.1 Å². The molecule has 1 saturated carbocycles. The minimum atomic E-state index is 0.715. The Kier molecular flexibility index (Phi) is 2.32. The first-order chi connectivity index (χ1) is 7.66. The van der Waals surface area contributed by atoms with Crippen molar-refractivity contribution in [1.29, 1.82) is 0 Å². The summed E-state index contributed by atoms with van der Waals surface area (Å²) in [6, 6.07) is 3.96. The van der Waals surface area contributed by atoms with E-state index in [0.717, 1.165) is 29.4 Å². The lowest BCUT2D eigenvalue weighted by atomic mass is 9.99. The van der Waals surface area contributed by atoms with E-state index in [1.54, 1.807) is 6.20 Å². The van der Waals surface area contributed by atoms with Gasteiger partial charge < -0.3 is 0 Å². The number of hydrogen-bond donors (Lipinski definition) is 0. The highest BCUT2D eigenvalue weighted by Crippen LogP contribution is 2.60. The third kappa shape index (κ3) is 1.58. The highest BCUT2D eigenvalue weighted by atomic mass is 35.5. The molecule has 1 aromatic heterocycles. The Morgan fingerprint density at radius 2 is 2.19 bits per heavy atom. The topological polar surface area (TPSA) is 12.9 Å². The van der Waals surface area contributed by atoms with Crippen LogP contribution >= 0.6 is 11.6 Å². The van der Waals surface area contributed by atoms with Crippen molar-refractivity contribution in [3.05, 3.63) is 35.1 Å². The van der Waals surface area contributed by atoms with Crippen LogP contribution in [0, 0.1) is 23.7 Å². The normalized spacial score (nSPS) is 31.5. The second kappa shape index (κ2) is 3.59. The summed E-state index contributed by atoms with van der Waals surface area (Å²) in [5.74, 6) is 3.47. The van der Waals surface area contributed by atoms with Crippen LogP contribution in [-0.4, -0.2) is 4.98 Å².